The number of anilines is 8. The third-order valence-electron chi connectivity index (χ3n) is 21.1. The van der Waals surface area contributed by atoms with Gasteiger partial charge in [-0.05, 0) is 203 Å². The average Bonchev–Trinajstić information content (AvgIpc) is 1.60. The van der Waals surface area contributed by atoms with Crippen molar-refractivity contribution < 1.29 is 4.42 Å². The first-order chi connectivity index (χ1) is 41.9. The molecule has 4 heterocycles. The Balaban J connectivity index is 1.02. The van der Waals surface area contributed by atoms with Crippen LogP contribution in [0.25, 0.3) is 54.3 Å². The molecule has 89 heavy (non-hydrogen) atoms. The summed E-state index contributed by atoms with van der Waals surface area (Å²) in [6.07, 6.45) is 2.32. The van der Waals surface area contributed by atoms with Crippen molar-refractivity contribution in [2.75, 3.05) is 14.6 Å². The van der Waals surface area contributed by atoms with Crippen molar-refractivity contribution in [3.05, 3.63) is 214 Å². The van der Waals surface area contributed by atoms with Gasteiger partial charge in [0.25, 0.3) is 0 Å². The van der Waals surface area contributed by atoms with E-state index >= 15 is 0 Å². The largest absolute Gasteiger partial charge is 0.455 e. The SMILES string of the molecule is CC(C)(C)c1ccc(N2B3c4sc5cc6c(cc5c4N(c4ccc(C(C)(C)C)cc4)c4cc5c(oc7ccccc75)c(c43)-c3cc4c(cc32)C(C)(C)c2cc(N(c3ccc(C(C)(C)C)cc3)c3ccc(C(C)(C)C)cc3)ccc2-4)C(C)(C)CCC6(C)C)cc1. The molecule has 11 aromatic rings. The Bertz CT molecular complexity index is 4660. The van der Waals surface area contributed by atoms with Crippen molar-refractivity contribution in [3.63, 3.8) is 0 Å². The van der Waals surface area contributed by atoms with Gasteiger partial charge in [0.1, 0.15) is 11.2 Å². The monoisotopic (exact) mass is 1180 g/mol. The van der Waals surface area contributed by atoms with E-state index in [1.165, 1.54) is 116 Å². The number of hydrogen-bond donors (Lipinski definition) is 0. The minimum absolute atomic E-state index is 0.00508. The Morgan fingerprint density at radius 2 is 0.955 bits per heavy atom. The molecular weight excluding hydrogens is 1100 g/mol. The fourth-order valence-corrected chi connectivity index (χ4v) is 16.9. The van der Waals surface area contributed by atoms with Gasteiger partial charge in [0.2, 0.25) is 0 Å². The highest BCUT2D eigenvalue weighted by Gasteiger charge is 2.51. The number of para-hydroxylation sites is 1. The Kier molecular flexibility index (Phi) is 12.4. The minimum Gasteiger partial charge on any atom is -0.455 e. The van der Waals surface area contributed by atoms with Crippen molar-refractivity contribution in [3.8, 4) is 22.3 Å². The standard InChI is InChI=1S/C83H86BN3OS/c1-77(2,3)49-23-31-53(32-24-49)85(54-33-25-50(26-34-54)78(4,5)6)57-39-40-58-60-44-62-68(47-65(60)83(17,18)64(58)43-57)87(56-37-29-52(30-38-56)80(10,11)12)84-73-69(46-61-59-21-19-20-22-70(59)88-75(61)72(62)73)86(55-35-27-51(28-36-55)79(7,8)9)74-63-45-66-67(48-71(63)89-76(74)84)82(15,16)42-41-81(66,13)14/h19-40,43-48H,41-42H2,1-18H3. The van der Waals surface area contributed by atoms with E-state index in [1.54, 1.807) is 0 Å². The Labute approximate surface area is 533 Å². The highest BCUT2D eigenvalue weighted by molar-refractivity contribution is 7.32. The molecule has 2 aliphatic heterocycles. The molecule has 0 saturated carbocycles. The van der Waals surface area contributed by atoms with E-state index in [-0.39, 0.29) is 44.8 Å². The molecule has 0 unspecified atom stereocenters. The molecule has 448 valence electrons. The van der Waals surface area contributed by atoms with Crippen LogP contribution < -0.4 is 24.9 Å². The lowest BCUT2D eigenvalue weighted by Gasteiger charge is -2.45. The number of fused-ring (bicyclic) bond motifs is 14. The lowest BCUT2D eigenvalue weighted by molar-refractivity contribution is 0.332. The molecule has 9 aromatic carbocycles. The molecule has 0 N–H and O–H groups in total. The van der Waals surface area contributed by atoms with E-state index in [0.29, 0.717) is 0 Å². The number of nitrogens with zero attached hydrogens (tertiary/aromatic N) is 3. The molecule has 4 aliphatic rings. The Morgan fingerprint density at radius 1 is 0.449 bits per heavy atom. The van der Waals surface area contributed by atoms with Crippen LogP contribution in [0.1, 0.15) is 182 Å². The second-order valence-electron chi connectivity index (χ2n) is 32.5. The van der Waals surface area contributed by atoms with Crippen molar-refractivity contribution in [2.24, 2.45) is 0 Å². The van der Waals surface area contributed by atoms with Gasteiger partial charge in [-0.25, -0.2) is 0 Å². The fraction of sp³-hybridized carbons (Fsp3) is 0.325. The summed E-state index contributed by atoms with van der Waals surface area (Å²) in [5.74, 6) is 0. The molecule has 2 aliphatic carbocycles. The summed E-state index contributed by atoms with van der Waals surface area (Å²) in [6.45, 7) is 42.3. The molecule has 0 atom stereocenters. The van der Waals surface area contributed by atoms with Gasteiger partial charge >= 0.3 is 6.85 Å². The summed E-state index contributed by atoms with van der Waals surface area (Å²) in [5, 5.41) is 3.60. The van der Waals surface area contributed by atoms with Gasteiger partial charge in [-0.2, -0.15) is 0 Å². The fourth-order valence-electron chi connectivity index (χ4n) is 15.6. The molecular formula is C83H86BN3OS. The van der Waals surface area contributed by atoms with Crippen LogP contribution in [0, 0.1) is 0 Å². The zero-order chi connectivity index (χ0) is 62.6. The Hall–Kier alpha value is -7.80. The summed E-state index contributed by atoms with van der Waals surface area (Å²) >= 11 is 2.01. The van der Waals surface area contributed by atoms with E-state index < -0.39 is 0 Å². The van der Waals surface area contributed by atoms with Gasteiger partial charge in [0, 0.05) is 82.0 Å². The molecule has 0 radical (unpaired) electrons. The number of thiophene rings is 1. The third kappa shape index (κ3) is 8.87. The molecule has 0 saturated heterocycles. The van der Waals surface area contributed by atoms with E-state index in [0.717, 1.165) is 51.8 Å². The zero-order valence-electron chi connectivity index (χ0n) is 55.8. The van der Waals surface area contributed by atoms with Crippen LogP contribution in [0.2, 0.25) is 0 Å². The van der Waals surface area contributed by atoms with Crippen molar-refractivity contribution in [1.29, 1.82) is 0 Å². The summed E-state index contributed by atoms with van der Waals surface area (Å²) in [4.78, 5) is 7.88. The lowest BCUT2D eigenvalue weighted by Crippen LogP contribution is -2.60. The van der Waals surface area contributed by atoms with Crippen LogP contribution in [0.4, 0.5) is 45.5 Å². The lowest BCUT2D eigenvalue weighted by atomic mass is 9.46. The van der Waals surface area contributed by atoms with E-state index in [9.17, 15) is 0 Å². The van der Waals surface area contributed by atoms with Gasteiger partial charge in [-0.1, -0.05) is 197 Å². The summed E-state index contributed by atoms with van der Waals surface area (Å²) in [7, 11) is 0. The van der Waals surface area contributed by atoms with Crippen molar-refractivity contribution >= 4 is 106 Å². The van der Waals surface area contributed by atoms with Gasteiger partial charge < -0.3 is 19.0 Å². The van der Waals surface area contributed by atoms with Crippen molar-refractivity contribution in [1.82, 2.24) is 0 Å². The smallest absolute Gasteiger partial charge is 0.343 e. The number of benzene rings is 9. The topological polar surface area (TPSA) is 22.9 Å². The minimum atomic E-state index is -0.365. The van der Waals surface area contributed by atoms with Crippen LogP contribution in [-0.2, 0) is 37.9 Å². The van der Waals surface area contributed by atoms with Gasteiger partial charge in [0.15, 0.2) is 0 Å². The maximum atomic E-state index is 7.40. The maximum Gasteiger partial charge on any atom is 0.343 e. The zero-order valence-corrected chi connectivity index (χ0v) is 56.6. The summed E-state index contributed by atoms with van der Waals surface area (Å²) in [5.41, 5.74) is 28.2. The molecule has 15 rings (SSSR count). The summed E-state index contributed by atoms with van der Waals surface area (Å²) in [6, 6.07) is 66.6. The van der Waals surface area contributed by atoms with Crippen molar-refractivity contribution in [2.45, 2.75) is 175 Å². The van der Waals surface area contributed by atoms with E-state index in [4.69, 9.17) is 4.42 Å². The van der Waals surface area contributed by atoms with E-state index in [1.807, 2.05) is 11.3 Å². The average molecular weight is 1180 g/mol. The molecule has 6 heteroatoms. The molecule has 4 nitrogen and oxygen atoms in total. The van der Waals surface area contributed by atoms with Gasteiger partial charge in [-0.3, -0.25) is 0 Å². The normalized spacial score (nSPS) is 16.3. The number of rotatable bonds is 5. The van der Waals surface area contributed by atoms with Crippen LogP contribution in [0.5, 0.6) is 0 Å². The Morgan fingerprint density at radius 3 is 1.52 bits per heavy atom. The first-order valence-electron chi connectivity index (χ1n) is 32.6. The number of furan rings is 1. The molecule has 2 aromatic heterocycles. The highest BCUT2D eigenvalue weighted by atomic mass is 32.1. The molecule has 0 fully saturated rings. The van der Waals surface area contributed by atoms with Gasteiger partial charge in [0.05, 0.1) is 5.69 Å². The van der Waals surface area contributed by atoms with Crippen LogP contribution in [-0.4, -0.2) is 6.85 Å². The number of hydrogen-bond acceptors (Lipinski definition) is 5. The predicted molar refractivity (Wildman–Crippen MR) is 385 cm³/mol. The molecule has 0 amide bonds. The van der Waals surface area contributed by atoms with E-state index in [2.05, 4.69) is 309 Å². The first kappa shape index (κ1) is 57.6. The van der Waals surface area contributed by atoms with Crippen LogP contribution in [0.3, 0.4) is 0 Å². The van der Waals surface area contributed by atoms with Crippen LogP contribution in [0.15, 0.2) is 174 Å². The highest BCUT2D eigenvalue weighted by Crippen LogP contribution is 2.59. The van der Waals surface area contributed by atoms with Crippen LogP contribution >= 0.6 is 11.3 Å². The second kappa shape index (κ2) is 19.1. The summed E-state index contributed by atoms with van der Waals surface area (Å²) < 4.78 is 10.1. The maximum absolute atomic E-state index is 7.40. The molecule has 0 spiro atoms. The predicted octanol–water partition coefficient (Wildman–Crippen LogP) is 22.8. The first-order valence-corrected chi connectivity index (χ1v) is 33.5. The second-order valence-corrected chi connectivity index (χ2v) is 33.6. The third-order valence-corrected chi connectivity index (χ3v) is 22.3. The molecule has 0 bridgehead atoms. The van der Waals surface area contributed by atoms with Gasteiger partial charge in [-0.15, -0.1) is 11.3 Å². The quantitative estimate of drug-likeness (QED) is 0.160.